The highest BCUT2D eigenvalue weighted by molar-refractivity contribution is 7.99. The molecule has 1 heterocycles. The van der Waals surface area contributed by atoms with Crippen molar-refractivity contribution in [3.63, 3.8) is 0 Å². The molecule has 21 heavy (non-hydrogen) atoms. The number of nitrogen functional groups attached to an aromatic ring is 1. The first-order valence-corrected chi connectivity index (χ1v) is 8.96. The van der Waals surface area contributed by atoms with Crippen LogP contribution in [0.2, 0.25) is 0 Å². The van der Waals surface area contributed by atoms with E-state index in [0.29, 0.717) is 4.88 Å². The Morgan fingerprint density at radius 2 is 2.29 bits per heavy atom. The van der Waals surface area contributed by atoms with Gasteiger partial charge in [-0.15, -0.1) is 0 Å². The van der Waals surface area contributed by atoms with Crippen molar-refractivity contribution in [2.24, 2.45) is 0 Å². The Bertz CT molecular complexity index is 463. The van der Waals surface area contributed by atoms with E-state index in [2.05, 4.69) is 17.2 Å². The number of hydrogen-bond donors (Lipinski definition) is 3. The van der Waals surface area contributed by atoms with Crippen LogP contribution in [0.3, 0.4) is 0 Å². The van der Waals surface area contributed by atoms with Crippen molar-refractivity contribution < 1.29 is 9.90 Å². The SMILES string of the molecule is CCCN(C)c1nc(N)c(C(=O)NC(C)C(CO)SC)s1. The molecule has 6 nitrogen and oxygen atoms in total. The van der Waals surface area contributed by atoms with Gasteiger partial charge in [0, 0.05) is 24.9 Å². The fourth-order valence-electron chi connectivity index (χ4n) is 1.88. The maximum absolute atomic E-state index is 12.3. The normalized spacial score (nSPS) is 13.8. The molecule has 2 unspecified atom stereocenters. The minimum atomic E-state index is -0.235. The first-order valence-electron chi connectivity index (χ1n) is 6.86. The number of hydrogen-bond acceptors (Lipinski definition) is 7. The Hall–Kier alpha value is -0.990. The maximum atomic E-state index is 12.3. The average molecular weight is 332 g/mol. The lowest BCUT2D eigenvalue weighted by molar-refractivity contribution is 0.0940. The Kier molecular flexibility index (Phi) is 7.27. The van der Waals surface area contributed by atoms with E-state index in [4.69, 9.17) is 5.73 Å². The van der Waals surface area contributed by atoms with Crippen LogP contribution in [0, 0.1) is 0 Å². The molecule has 0 aliphatic carbocycles. The molecule has 4 N–H and O–H groups in total. The summed E-state index contributed by atoms with van der Waals surface area (Å²) in [6.45, 7) is 4.84. The molecule has 0 aliphatic heterocycles. The number of carbonyl (C=O) groups excluding carboxylic acids is 1. The molecule has 0 bridgehead atoms. The van der Waals surface area contributed by atoms with Crippen molar-refractivity contribution in [2.75, 3.05) is 37.1 Å². The number of carbonyl (C=O) groups is 1. The van der Waals surface area contributed by atoms with Gasteiger partial charge in [-0.25, -0.2) is 4.98 Å². The first-order chi connectivity index (χ1) is 9.94. The van der Waals surface area contributed by atoms with Gasteiger partial charge in [-0.05, 0) is 19.6 Å². The van der Waals surface area contributed by atoms with Gasteiger partial charge in [-0.3, -0.25) is 4.79 Å². The van der Waals surface area contributed by atoms with Gasteiger partial charge in [0.25, 0.3) is 5.91 Å². The van der Waals surface area contributed by atoms with Crippen LogP contribution < -0.4 is 16.0 Å². The molecular weight excluding hydrogens is 308 g/mol. The second kappa shape index (κ2) is 8.45. The number of nitrogens with zero attached hydrogens (tertiary/aromatic N) is 2. The van der Waals surface area contributed by atoms with Crippen molar-refractivity contribution in [1.29, 1.82) is 0 Å². The summed E-state index contributed by atoms with van der Waals surface area (Å²) >= 11 is 2.81. The lowest BCUT2D eigenvalue weighted by Gasteiger charge is -2.20. The van der Waals surface area contributed by atoms with Crippen LogP contribution in [-0.4, -0.2) is 53.7 Å². The zero-order valence-corrected chi connectivity index (χ0v) is 14.6. The van der Waals surface area contributed by atoms with Gasteiger partial charge in [0.1, 0.15) is 10.7 Å². The summed E-state index contributed by atoms with van der Waals surface area (Å²) in [6, 6.07) is -0.143. The number of aliphatic hydroxyl groups excluding tert-OH is 1. The number of nitrogens with one attached hydrogen (secondary N) is 1. The molecule has 8 heteroatoms. The molecule has 1 aromatic heterocycles. The number of rotatable bonds is 8. The zero-order chi connectivity index (χ0) is 16.0. The highest BCUT2D eigenvalue weighted by Gasteiger charge is 2.22. The van der Waals surface area contributed by atoms with Gasteiger partial charge < -0.3 is 21.1 Å². The van der Waals surface area contributed by atoms with Gasteiger partial charge in [-0.1, -0.05) is 18.3 Å². The number of aliphatic hydroxyl groups is 1. The number of thioether (sulfide) groups is 1. The van der Waals surface area contributed by atoms with Crippen LogP contribution in [0.15, 0.2) is 0 Å². The molecule has 1 amide bonds. The molecule has 0 fully saturated rings. The van der Waals surface area contributed by atoms with E-state index in [9.17, 15) is 9.90 Å². The van der Waals surface area contributed by atoms with Crippen LogP contribution in [-0.2, 0) is 0 Å². The molecule has 0 spiro atoms. The fraction of sp³-hybridized carbons (Fsp3) is 0.692. The van der Waals surface area contributed by atoms with Crippen molar-refractivity contribution in [2.45, 2.75) is 31.6 Å². The first kappa shape index (κ1) is 18.1. The third kappa shape index (κ3) is 4.76. The fourth-order valence-corrected chi connectivity index (χ4v) is 3.38. The molecule has 1 aromatic rings. The predicted molar refractivity (Wildman–Crippen MR) is 91.4 cm³/mol. The summed E-state index contributed by atoms with van der Waals surface area (Å²) in [5, 5.41) is 12.8. The molecule has 0 aromatic carbocycles. The summed E-state index contributed by atoms with van der Waals surface area (Å²) in [4.78, 5) is 18.9. The van der Waals surface area contributed by atoms with Gasteiger partial charge in [0.15, 0.2) is 5.13 Å². The molecule has 120 valence electrons. The highest BCUT2D eigenvalue weighted by atomic mass is 32.2. The largest absolute Gasteiger partial charge is 0.395 e. The Morgan fingerprint density at radius 3 is 2.81 bits per heavy atom. The van der Waals surface area contributed by atoms with E-state index < -0.39 is 0 Å². The number of thiazole rings is 1. The summed E-state index contributed by atoms with van der Waals surface area (Å²) in [5.74, 6) is 0.0218. The smallest absolute Gasteiger partial charge is 0.265 e. The number of aromatic nitrogens is 1. The number of nitrogens with two attached hydrogens (primary N) is 1. The van der Waals surface area contributed by atoms with Crippen LogP contribution in [0.5, 0.6) is 0 Å². The van der Waals surface area contributed by atoms with Crippen molar-refractivity contribution in [3.8, 4) is 0 Å². The van der Waals surface area contributed by atoms with Crippen molar-refractivity contribution in [3.05, 3.63) is 4.88 Å². The van der Waals surface area contributed by atoms with Gasteiger partial charge >= 0.3 is 0 Å². The topological polar surface area (TPSA) is 91.5 Å². The van der Waals surface area contributed by atoms with Gasteiger partial charge in [-0.2, -0.15) is 11.8 Å². The monoisotopic (exact) mass is 332 g/mol. The number of anilines is 2. The maximum Gasteiger partial charge on any atom is 0.265 e. The summed E-state index contributed by atoms with van der Waals surface area (Å²) < 4.78 is 0. The summed E-state index contributed by atoms with van der Waals surface area (Å²) in [7, 11) is 1.93. The van der Waals surface area contributed by atoms with E-state index in [1.54, 1.807) is 0 Å². The molecule has 2 atom stereocenters. The van der Waals surface area contributed by atoms with Gasteiger partial charge in [0.05, 0.1) is 6.61 Å². The van der Waals surface area contributed by atoms with Crippen LogP contribution >= 0.6 is 23.1 Å². The molecule has 0 saturated carbocycles. The molecule has 0 aliphatic rings. The average Bonchev–Trinajstić information content (AvgIpc) is 2.82. The van der Waals surface area contributed by atoms with Crippen LogP contribution in [0.25, 0.3) is 0 Å². The minimum Gasteiger partial charge on any atom is -0.395 e. The summed E-state index contributed by atoms with van der Waals surface area (Å²) in [5.41, 5.74) is 5.85. The van der Waals surface area contributed by atoms with Crippen molar-refractivity contribution >= 4 is 40.0 Å². The second-order valence-electron chi connectivity index (χ2n) is 4.85. The van der Waals surface area contributed by atoms with E-state index >= 15 is 0 Å². The van der Waals surface area contributed by atoms with E-state index in [1.165, 1.54) is 23.1 Å². The van der Waals surface area contributed by atoms with E-state index in [-0.39, 0.29) is 29.6 Å². The Morgan fingerprint density at radius 1 is 1.62 bits per heavy atom. The standard InChI is InChI=1S/C13H24N4O2S2/c1-5-6-17(3)13-16-11(14)10(21-13)12(19)15-8(2)9(7-18)20-4/h8-9,18H,5-7,14H2,1-4H3,(H,15,19). The van der Waals surface area contributed by atoms with E-state index in [1.807, 2.05) is 25.1 Å². The van der Waals surface area contributed by atoms with Crippen LogP contribution in [0.1, 0.15) is 29.9 Å². The Balaban J connectivity index is 2.79. The van der Waals surface area contributed by atoms with E-state index in [0.717, 1.165) is 18.1 Å². The second-order valence-corrected chi connectivity index (χ2v) is 6.91. The molecular formula is C13H24N4O2S2. The van der Waals surface area contributed by atoms with Crippen LogP contribution in [0.4, 0.5) is 10.9 Å². The minimum absolute atomic E-state index is 0.0191. The lowest BCUT2D eigenvalue weighted by Crippen LogP contribution is -2.41. The zero-order valence-electron chi connectivity index (χ0n) is 12.9. The molecule has 0 saturated heterocycles. The highest BCUT2D eigenvalue weighted by Crippen LogP contribution is 2.27. The molecule has 1 rings (SSSR count). The predicted octanol–water partition coefficient (Wildman–Crippen LogP) is 1.41. The van der Waals surface area contributed by atoms with Gasteiger partial charge in [0.2, 0.25) is 0 Å². The Labute approximate surface area is 134 Å². The van der Waals surface area contributed by atoms with Crippen molar-refractivity contribution in [1.82, 2.24) is 10.3 Å². The quantitative estimate of drug-likeness (QED) is 0.667. The molecule has 0 radical (unpaired) electrons. The third-order valence-electron chi connectivity index (χ3n) is 3.13. The summed E-state index contributed by atoms with van der Waals surface area (Å²) in [6.07, 6.45) is 2.91. The number of amides is 1. The lowest BCUT2D eigenvalue weighted by atomic mass is 10.2. The third-order valence-corrected chi connectivity index (χ3v) is 5.48.